The Bertz CT molecular complexity index is 734. The van der Waals surface area contributed by atoms with Gasteiger partial charge in [0, 0.05) is 52.4 Å². The number of benzene rings is 1. The Kier molecular flexibility index (Phi) is 7.91. The number of rotatable bonds is 6. The zero-order valence-corrected chi connectivity index (χ0v) is 18.7. The molecule has 31 heavy (non-hydrogen) atoms. The van der Waals surface area contributed by atoms with Gasteiger partial charge in [0.1, 0.15) is 11.8 Å². The summed E-state index contributed by atoms with van der Waals surface area (Å²) in [6, 6.07) is 6.64. The third-order valence-corrected chi connectivity index (χ3v) is 6.18. The van der Waals surface area contributed by atoms with Crippen molar-refractivity contribution in [2.75, 3.05) is 64.4 Å². The third-order valence-electron chi connectivity index (χ3n) is 6.18. The van der Waals surface area contributed by atoms with Gasteiger partial charge in [-0.05, 0) is 38.3 Å². The average molecular weight is 442 g/mol. The van der Waals surface area contributed by atoms with Crippen LogP contribution in [0, 0.1) is 5.92 Å². The van der Waals surface area contributed by atoms with Crippen molar-refractivity contribution >= 4 is 11.6 Å². The van der Waals surface area contributed by atoms with Crippen LogP contribution in [0.3, 0.4) is 0 Å². The molecular formula is C22H34F3N5O. The molecule has 174 valence electrons. The number of ether oxygens (including phenoxy) is 1. The molecule has 3 rings (SSSR count). The van der Waals surface area contributed by atoms with E-state index in [1.165, 1.54) is 11.8 Å². The number of guanidine groups is 1. The fraction of sp³-hybridized carbons (Fsp3) is 0.682. The highest BCUT2D eigenvalue weighted by Gasteiger charge is 2.41. The molecule has 0 aliphatic carbocycles. The van der Waals surface area contributed by atoms with E-state index in [1.807, 2.05) is 25.1 Å². The van der Waals surface area contributed by atoms with Gasteiger partial charge in [-0.15, -0.1) is 0 Å². The van der Waals surface area contributed by atoms with E-state index >= 15 is 0 Å². The number of hydrogen-bond donors (Lipinski definition) is 1. The topological polar surface area (TPSA) is 43.3 Å². The first kappa shape index (κ1) is 23.5. The Morgan fingerprint density at radius 3 is 2.55 bits per heavy atom. The van der Waals surface area contributed by atoms with Crippen molar-refractivity contribution in [2.24, 2.45) is 10.9 Å². The highest BCUT2D eigenvalue weighted by atomic mass is 19.4. The molecule has 9 heteroatoms. The molecule has 0 radical (unpaired) electrons. The lowest BCUT2D eigenvalue weighted by molar-refractivity contribution is -0.181. The summed E-state index contributed by atoms with van der Waals surface area (Å²) < 4.78 is 44.5. The van der Waals surface area contributed by atoms with Gasteiger partial charge >= 0.3 is 6.18 Å². The van der Waals surface area contributed by atoms with Crippen molar-refractivity contribution in [3.63, 3.8) is 0 Å². The minimum Gasteiger partial charge on any atom is -0.495 e. The fourth-order valence-corrected chi connectivity index (χ4v) is 4.26. The average Bonchev–Trinajstić information content (AvgIpc) is 3.24. The van der Waals surface area contributed by atoms with Crippen molar-refractivity contribution in [1.29, 1.82) is 0 Å². The van der Waals surface area contributed by atoms with E-state index in [9.17, 15) is 13.2 Å². The summed E-state index contributed by atoms with van der Waals surface area (Å²) in [7, 11) is 1.69. The monoisotopic (exact) mass is 441 g/mol. The lowest BCUT2D eigenvalue weighted by Crippen LogP contribution is -2.56. The number of methoxy groups -OCH3 is 1. The number of halogens is 3. The smallest absolute Gasteiger partial charge is 0.403 e. The molecule has 0 bridgehead atoms. The number of aliphatic imine (C=N–C) groups is 1. The van der Waals surface area contributed by atoms with E-state index in [1.54, 1.807) is 7.11 Å². The Morgan fingerprint density at radius 2 is 1.90 bits per heavy atom. The quantitative estimate of drug-likeness (QED) is 0.543. The highest BCUT2D eigenvalue weighted by Crippen LogP contribution is 2.32. The molecule has 0 spiro atoms. The third kappa shape index (κ3) is 5.96. The molecule has 1 N–H and O–H groups in total. The number of anilines is 1. The molecule has 2 saturated heterocycles. The molecule has 6 nitrogen and oxygen atoms in total. The Labute approximate surface area is 183 Å². The standard InChI is InChI=1S/C22H34F3N5O/c1-4-26-21(29-13-11-28(12-14-29)17(2)22(23,24)25)27-15-18-9-10-30(16-18)19-7-5-6-8-20(19)31-3/h5-8,17-18H,4,9-16H2,1-3H3,(H,26,27). The van der Waals surface area contributed by atoms with Gasteiger partial charge < -0.3 is 19.9 Å². The second kappa shape index (κ2) is 10.4. The van der Waals surface area contributed by atoms with Gasteiger partial charge in [0.25, 0.3) is 0 Å². The van der Waals surface area contributed by atoms with E-state index < -0.39 is 12.2 Å². The van der Waals surface area contributed by atoms with Gasteiger partial charge in [-0.25, -0.2) is 0 Å². The molecule has 2 fully saturated rings. The summed E-state index contributed by atoms with van der Waals surface area (Å²) in [5.74, 6) is 2.12. The van der Waals surface area contributed by atoms with Crippen LogP contribution >= 0.6 is 0 Å². The van der Waals surface area contributed by atoms with Crippen molar-refractivity contribution in [3.8, 4) is 5.75 Å². The fourth-order valence-electron chi connectivity index (χ4n) is 4.26. The van der Waals surface area contributed by atoms with Gasteiger partial charge in [0.15, 0.2) is 5.96 Å². The van der Waals surface area contributed by atoms with Gasteiger partial charge in [0.2, 0.25) is 0 Å². The largest absolute Gasteiger partial charge is 0.495 e. The maximum Gasteiger partial charge on any atom is 0.403 e. The number of nitrogens with one attached hydrogen (secondary N) is 1. The molecule has 2 unspecified atom stereocenters. The van der Waals surface area contributed by atoms with Crippen LogP contribution in [0.2, 0.25) is 0 Å². The van der Waals surface area contributed by atoms with Crippen molar-refractivity contribution in [1.82, 2.24) is 15.1 Å². The van der Waals surface area contributed by atoms with Crippen LogP contribution in [0.25, 0.3) is 0 Å². The molecule has 1 aromatic rings. The number of para-hydroxylation sites is 2. The second-order valence-corrected chi connectivity index (χ2v) is 8.21. The van der Waals surface area contributed by atoms with E-state index in [4.69, 9.17) is 9.73 Å². The summed E-state index contributed by atoms with van der Waals surface area (Å²) in [6.45, 7) is 8.42. The number of piperazine rings is 1. The SMILES string of the molecule is CCNC(=NCC1CCN(c2ccccc2OC)C1)N1CCN(C(C)C(F)(F)F)CC1. The van der Waals surface area contributed by atoms with Gasteiger partial charge in [0.05, 0.1) is 12.8 Å². The van der Waals surface area contributed by atoms with Crippen LogP contribution in [0.15, 0.2) is 29.3 Å². The van der Waals surface area contributed by atoms with Crippen LogP contribution < -0.4 is 15.0 Å². The first-order chi connectivity index (χ1) is 14.8. The van der Waals surface area contributed by atoms with Crippen LogP contribution in [0.5, 0.6) is 5.75 Å². The maximum atomic E-state index is 13.0. The predicted molar refractivity (Wildman–Crippen MR) is 118 cm³/mol. The van der Waals surface area contributed by atoms with Crippen LogP contribution in [-0.4, -0.2) is 87.4 Å². The summed E-state index contributed by atoms with van der Waals surface area (Å²) in [5.41, 5.74) is 1.11. The molecule has 2 aliphatic rings. The Morgan fingerprint density at radius 1 is 1.19 bits per heavy atom. The van der Waals surface area contributed by atoms with Crippen molar-refractivity contribution in [2.45, 2.75) is 32.5 Å². The summed E-state index contributed by atoms with van der Waals surface area (Å²) >= 11 is 0. The minimum atomic E-state index is -4.18. The lowest BCUT2D eigenvalue weighted by atomic mass is 10.1. The zero-order valence-electron chi connectivity index (χ0n) is 18.7. The first-order valence-electron chi connectivity index (χ1n) is 11.1. The zero-order chi connectivity index (χ0) is 22.4. The maximum absolute atomic E-state index is 13.0. The molecule has 0 saturated carbocycles. The van der Waals surface area contributed by atoms with Gasteiger partial charge in [-0.2, -0.15) is 13.2 Å². The predicted octanol–water partition coefficient (Wildman–Crippen LogP) is 3.06. The van der Waals surface area contributed by atoms with Crippen molar-refractivity contribution in [3.05, 3.63) is 24.3 Å². The summed E-state index contributed by atoms with van der Waals surface area (Å²) in [4.78, 5) is 10.8. The van der Waals surface area contributed by atoms with E-state index in [0.717, 1.165) is 43.5 Å². The lowest BCUT2D eigenvalue weighted by Gasteiger charge is -2.39. The number of nitrogens with zero attached hydrogens (tertiary/aromatic N) is 4. The van der Waals surface area contributed by atoms with E-state index in [0.29, 0.717) is 38.6 Å². The highest BCUT2D eigenvalue weighted by molar-refractivity contribution is 5.80. The molecule has 0 aromatic heterocycles. The van der Waals surface area contributed by atoms with Crippen molar-refractivity contribution < 1.29 is 17.9 Å². The molecule has 0 amide bonds. The Balaban J connectivity index is 1.56. The number of hydrogen-bond acceptors (Lipinski definition) is 4. The van der Waals surface area contributed by atoms with E-state index in [-0.39, 0.29) is 0 Å². The van der Waals surface area contributed by atoms with Gasteiger partial charge in [-0.1, -0.05) is 12.1 Å². The first-order valence-corrected chi connectivity index (χ1v) is 11.1. The molecular weight excluding hydrogens is 407 g/mol. The molecule has 2 aliphatic heterocycles. The second-order valence-electron chi connectivity index (χ2n) is 8.21. The van der Waals surface area contributed by atoms with Crippen LogP contribution in [0.4, 0.5) is 18.9 Å². The number of alkyl halides is 3. The Hall–Kier alpha value is -2.16. The van der Waals surface area contributed by atoms with Crippen LogP contribution in [0.1, 0.15) is 20.3 Å². The van der Waals surface area contributed by atoms with Gasteiger partial charge in [-0.3, -0.25) is 9.89 Å². The minimum absolute atomic E-state index is 0.385. The summed E-state index contributed by atoms with van der Waals surface area (Å²) in [5, 5.41) is 3.31. The molecule has 2 heterocycles. The van der Waals surface area contributed by atoms with Crippen LogP contribution in [-0.2, 0) is 0 Å². The van der Waals surface area contributed by atoms with E-state index in [2.05, 4.69) is 21.2 Å². The molecule has 2 atom stereocenters. The molecule has 1 aromatic carbocycles. The normalized spacial score (nSPS) is 22.0. The summed E-state index contributed by atoms with van der Waals surface area (Å²) in [6.07, 6.45) is -3.13.